The van der Waals surface area contributed by atoms with E-state index in [9.17, 15) is 13.2 Å². The molecule has 6 heteroatoms. The van der Waals surface area contributed by atoms with Gasteiger partial charge in [0.25, 0.3) is 0 Å². The largest absolute Gasteiger partial charge is 0.416 e. The summed E-state index contributed by atoms with van der Waals surface area (Å²) in [5.74, 6) is 0. The van der Waals surface area contributed by atoms with Crippen LogP contribution in [0.2, 0.25) is 0 Å². The molecule has 1 aromatic rings. The van der Waals surface area contributed by atoms with E-state index in [2.05, 4.69) is 5.32 Å². The number of halogens is 3. The molecular formula is C10H13F3N2O. The number of alkyl halides is 3. The number of rotatable bonds is 4. The molecule has 0 amide bonds. The summed E-state index contributed by atoms with van der Waals surface area (Å²) < 4.78 is 36.9. The van der Waals surface area contributed by atoms with Crippen molar-refractivity contribution in [2.45, 2.75) is 12.6 Å². The number of nitrogens with one attached hydrogen (secondary N) is 1. The molecule has 0 bridgehead atoms. The standard InChI is InChI=1S/C10H13F3N2O/c11-10(12,13)7-2-3-9(8(14)6-7)15-4-1-5-16/h2-3,6,15-16H,1,4-5,14H2. The van der Waals surface area contributed by atoms with Crippen molar-refractivity contribution >= 4 is 11.4 Å². The summed E-state index contributed by atoms with van der Waals surface area (Å²) in [6, 6.07) is 3.15. The predicted molar refractivity (Wildman–Crippen MR) is 56.0 cm³/mol. The van der Waals surface area contributed by atoms with Crippen molar-refractivity contribution in [2.24, 2.45) is 0 Å². The first-order valence-corrected chi connectivity index (χ1v) is 4.76. The lowest BCUT2D eigenvalue weighted by molar-refractivity contribution is -0.137. The van der Waals surface area contributed by atoms with Crippen LogP contribution in [0, 0.1) is 0 Å². The average molecular weight is 234 g/mol. The van der Waals surface area contributed by atoms with Gasteiger partial charge in [0.15, 0.2) is 0 Å². The molecule has 0 radical (unpaired) electrons. The van der Waals surface area contributed by atoms with Gasteiger partial charge >= 0.3 is 6.18 Å². The summed E-state index contributed by atoms with van der Waals surface area (Å²) in [5, 5.41) is 11.4. The molecule has 0 heterocycles. The topological polar surface area (TPSA) is 58.3 Å². The minimum absolute atomic E-state index is 0.0214. The Bertz CT molecular complexity index is 352. The highest BCUT2D eigenvalue weighted by molar-refractivity contribution is 5.67. The molecule has 0 spiro atoms. The summed E-state index contributed by atoms with van der Waals surface area (Å²) >= 11 is 0. The lowest BCUT2D eigenvalue weighted by Crippen LogP contribution is -2.09. The van der Waals surface area contributed by atoms with Crippen LogP contribution < -0.4 is 11.1 Å². The van der Waals surface area contributed by atoms with Gasteiger partial charge in [-0.2, -0.15) is 13.2 Å². The van der Waals surface area contributed by atoms with Gasteiger partial charge in [-0.05, 0) is 24.6 Å². The van der Waals surface area contributed by atoms with Crippen LogP contribution in [0.4, 0.5) is 24.5 Å². The Morgan fingerprint density at radius 3 is 2.50 bits per heavy atom. The lowest BCUT2D eigenvalue weighted by atomic mass is 10.1. The maximum atomic E-state index is 12.3. The zero-order valence-electron chi connectivity index (χ0n) is 8.51. The smallest absolute Gasteiger partial charge is 0.397 e. The normalized spacial score (nSPS) is 11.5. The first-order valence-electron chi connectivity index (χ1n) is 4.76. The fourth-order valence-electron chi connectivity index (χ4n) is 1.20. The Balaban J connectivity index is 2.76. The molecule has 4 N–H and O–H groups in total. The SMILES string of the molecule is Nc1cc(C(F)(F)F)ccc1NCCCO. The van der Waals surface area contributed by atoms with Crippen LogP contribution in [0.25, 0.3) is 0 Å². The summed E-state index contributed by atoms with van der Waals surface area (Å²) in [7, 11) is 0. The highest BCUT2D eigenvalue weighted by atomic mass is 19.4. The molecule has 0 aliphatic carbocycles. The van der Waals surface area contributed by atoms with Crippen molar-refractivity contribution in [3.05, 3.63) is 23.8 Å². The van der Waals surface area contributed by atoms with E-state index >= 15 is 0 Å². The summed E-state index contributed by atoms with van der Waals surface area (Å²) in [6.45, 7) is 0.486. The molecule has 0 aliphatic rings. The van der Waals surface area contributed by atoms with E-state index in [0.29, 0.717) is 18.7 Å². The van der Waals surface area contributed by atoms with Gasteiger partial charge in [-0.25, -0.2) is 0 Å². The van der Waals surface area contributed by atoms with E-state index in [4.69, 9.17) is 10.8 Å². The lowest BCUT2D eigenvalue weighted by Gasteiger charge is -2.12. The Kier molecular flexibility index (Phi) is 4.00. The number of nitrogens with two attached hydrogens (primary N) is 1. The molecule has 16 heavy (non-hydrogen) atoms. The molecule has 0 aliphatic heterocycles. The fraction of sp³-hybridized carbons (Fsp3) is 0.400. The number of aliphatic hydroxyl groups excluding tert-OH is 1. The molecule has 0 unspecified atom stereocenters. The minimum atomic E-state index is -4.38. The van der Waals surface area contributed by atoms with Crippen LogP contribution in [-0.4, -0.2) is 18.3 Å². The summed E-state index contributed by atoms with van der Waals surface area (Å²) in [4.78, 5) is 0. The summed E-state index contributed by atoms with van der Waals surface area (Å²) in [5.41, 5.74) is 5.20. The van der Waals surface area contributed by atoms with E-state index in [1.165, 1.54) is 6.07 Å². The van der Waals surface area contributed by atoms with Gasteiger partial charge in [-0.3, -0.25) is 0 Å². The third-order valence-corrected chi connectivity index (χ3v) is 2.03. The highest BCUT2D eigenvalue weighted by Crippen LogP contribution is 2.32. The molecule has 90 valence electrons. The van der Waals surface area contributed by atoms with Gasteiger partial charge < -0.3 is 16.2 Å². The van der Waals surface area contributed by atoms with Gasteiger partial charge in [0, 0.05) is 13.2 Å². The van der Waals surface area contributed by atoms with Gasteiger partial charge in [0.2, 0.25) is 0 Å². The van der Waals surface area contributed by atoms with Crippen molar-refractivity contribution in [3.63, 3.8) is 0 Å². The summed E-state index contributed by atoms with van der Waals surface area (Å²) in [6.07, 6.45) is -3.86. The number of nitrogen functional groups attached to an aromatic ring is 1. The Morgan fingerprint density at radius 2 is 2.00 bits per heavy atom. The Morgan fingerprint density at radius 1 is 1.31 bits per heavy atom. The van der Waals surface area contributed by atoms with Crippen LogP contribution in [0.1, 0.15) is 12.0 Å². The predicted octanol–water partition coefficient (Wildman–Crippen LogP) is 2.08. The third-order valence-electron chi connectivity index (χ3n) is 2.03. The molecular weight excluding hydrogens is 221 g/mol. The van der Waals surface area contributed by atoms with Crippen molar-refractivity contribution in [1.29, 1.82) is 0 Å². The molecule has 0 fully saturated rings. The van der Waals surface area contributed by atoms with E-state index in [0.717, 1.165) is 12.1 Å². The zero-order chi connectivity index (χ0) is 12.2. The highest BCUT2D eigenvalue weighted by Gasteiger charge is 2.30. The Labute approximate surface area is 91.1 Å². The molecule has 0 aromatic heterocycles. The van der Waals surface area contributed by atoms with Crippen LogP contribution in [0.3, 0.4) is 0 Å². The van der Waals surface area contributed by atoms with Crippen LogP contribution in [0.15, 0.2) is 18.2 Å². The number of anilines is 2. The molecule has 1 aromatic carbocycles. The molecule has 1 rings (SSSR count). The van der Waals surface area contributed by atoms with E-state index in [-0.39, 0.29) is 12.3 Å². The third kappa shape index (κ3) is 3.30. The van der Waals surface area contributed by atoms with Gasteiger partial charge in [0.05, 0.1) is 16.9 Å². The first-order chi connectivity index (χ1) is 7.45. The van der Waals surface area contributed by atoms with E-state index in [1.807, 2.05) is 0 Å². The van der Waals surface area contributed by atoms with Crippen molar-refractivity contribution < 1.29 is 18.3 Å². The second kappa shape index (κ2) is 5.07. The maximum absolute atomic E-state index is 12.3. The number of benzene rings is 1. The fourth-order valence-corrected chi connectivity index (χ4v) is 1.20. The monoisotopic (exact) mass is 234 g/mol. The second-order valence-corrected chi connectivity index (χ2v) is 3.30. The van der Waals surface area contributed by atoms with Crippen molar-refractivity contribution in [3.8, 4) is 0 Å². The van der Waals surface area contributed by atoms with E-state index in [1.54, 1.807) is 0 Å². The van der Waals surface area contributed by atoms with Gasteiger partial charge in [0.1, 0.15) is 0 Å². The second-order valence-electron chi connectivity index (χ2n) is 3.30. The molecule has 0 saturated carbocycles. The average Bonchev–Trinajstić information content (AvgIpc) is 2.19. The number of hydrogen-bond donors (Lipinski definition) is 3. The van der Waals surface area contributed by atoms with Gasteiger partial charge in [-0.15, -0.1) is 0 Å². The van der Waals surface area contributed by atoms with E-state index < -0.39 is 11.7 Å². The quantitative estimate of drug-likeness (QED) is 0.552. The maximum Gasteiger partial charge on any atom is 0.416 e. The first kappa shape index (κ1) is 12.6. The van der Waals surface area contributed by atoms with Crippen LogP contribution in [0.5, 0.6) is 0 Å². The molecule has 3 nitrogen and oxygen atoms in total. The minimum Gasteiger partial charge on any atom is -0.397 e. The van der Waals surface area contributed by atoms with Crippen molar-refractivity contribution in [1.82, 2.24) is 0 Å². The van der Waals surface area contributed by atoms with Crippen LogP contribution >= 0.6 is 0 Å². The van der Waals surface area contributed by atoms with Crippen LogP contribution in [-0.2, 0) is 6.18 Å². The number of hydrogen-bond acceptors (Lipinski definition) is 3. The molecule has 0 saturated heterocycles. The van der Waals surface area contributed by atoms with Gasteiger partial charge in [-0.1, -0.05) is 0 Å². The number of aliphatic hydroxyl groups is 1. The molecule has 0 atom stereocenters. The van der Waals surface area contributed by atoms with Crippen molar-refractivity contribution in [2.75, 3.05) is 24.2 Å². The Hall–Kier alpha value is -1.43. The zero-order valence-corrected chi connectivity index (χ0v) is 8.51.